The van der Waals surface area contributed by atoms with Crippen LogP contribution in [0.15, 0.2) is 48.8 Å². The predicted octanol–water partition coefficient (Wildman–Crippen LogP) is 3.18. The average molecular weight is 342 g/mol. The molecule has 0 aromatic carbocycles. The number of rotatable bonds is 6. The third-order valence-corrected chi connectivity index (χ3v) is 4.25. The van der Waals surface area contributed by atoms with Crippen LogP contribution in [0.4, 0.5) is 0 Å². The number of aromatic nitrogens is 2. The fourth-order valence-corrected chi connectivity index (χ4v) is 2.98. The summed E-state index contributed by atoms with van der Waals surface area (Å²) in [6, 6.07) is 11.0. The van der Waals surface area contributed by atoms with E-state index in [-0.39, 0.29) is 12.1 Å². The van der Waals surface area contributed by atoms with Crippen molar-refractivity contribution in [2.24, 2.45) is 0 Å². The molecule has 3 rings (SSSR count). The highest BCUT2D eigenvalue weighted by molar-refractivity contribution is 5.80. The molecule has 0 bridgehead atoms. The molecule has 0 N–H and O–H groups in total. The SMILES string of the molecule is CCOC(=O)C1(Oc2ccccn2)CCC(Oc2ccccn2)CC1. The lowest BCUT2D eigenvalue weighted by atomic mass is 9.83. The van der Waals surface area contributed by atoms with E-state index in [2.05, 4.69) is 9.97 Å². The fourth-order valence-electron chi connectivity index (χ4n) is 2.98. The molecule has 1 saturated carbocycles. The van der Waals surface area contributed by atoms with Gasteiger partial charge in [-0.1, -0.05) is 12.1 Å². The number of hydrogen-bond acceptors (Lipinski definition) is 6. The summed E-state index contributed by atoms with van der Waals surface area (Å²) < 4.78 is 17.2. The Hall–Kier alpha value is -2.63. The molecule has 132 valence electrons. The zero-order chi connectivity index (χ0) is 17.5. The molecule has 6 nitrogen and oxygen atoms in total. The van der Waals surface area contributed by atoms with Crippen molar-refractivity contribution in [3.8, 4) is 11.8 Å². The van der Waals surface area contributed by atoms with Crippen LogP contribution in [0.5, 0.6) is 11.8 Å². The van der Waals surface area contributed by atoms with Crippen LogP contribution in [-0.4, -0.2) is 34.2 Å². The van der Waals surface area contributed by atoms with E-state index in [9.17, 15) is 4.79 Å². The number of pyridine rings is 2. The highest BCUT2D eigenvalue weighted by atomic mass is 16.6. The second-order valence-electron chi connectivity index (χ2n) is 5.97. The van der Waals surface area contributed by atoms with Gasteiger partial charge >= 0.3 is 5.97 Å². The first-order valence-corrected chi connectivity index (χ1v) is 8.57. The molecule has 0 radical (unpaired) electrons. The maximum Gasteiger partial charge on any atom is 0.350 e. The van der Waals surface area contributed by atoms with E-state index in [1.54, 1.807) is 25.4 Å². The molecule has 2 heterocycles. The largest absolute Gasteiger partial charge is 0.474 e. The number of hydrogen-bond donors (Lipinski definition) is 0. The summed E-state index contributed by atoms with van der Waals surface area (Å²) in [5.41, 5.74) is -1.01. The molecular weight excluding hydrogens is 320 g/mol. The monoisotopic (exact) mass is 342 g/mol. The lowest BCUT2D eigenvalue weighted by Gasteiger charge is -2.37. The average Bonchev–Trinajstić information content (AvgIpc) is 2.65. The van der Waals surface area contributed by atoms with E-state index >= 15 is 0 Å². The Morgan fingerprint density at radius 2 is 1.72 bits per heavy atom. The molecule has 6 heteroatoms. The Bertz CT molecular complexity index is 670. The molecular formula is C19H22N2O4. The van der Waals surface area contributed by atoms with Gasteiger partial charge in [-0.25, -0.2) is 14.8 Å². The third-order valence-electron chi connectivity index (χ3n) is 4.25. The molecule has 0 aliphatic heterocycles. The molecule has 25 heavy (non-hydrogen) atoms. The Morgan fingerprint density at radius 1 is 1.08 bits per heavy atom. The maximum absolute atomic E-state index is 12.6. The van der Waals surface area contributed by atoms with Crippen molar-refractivity contribution in [2.75, 3.05) is 6.61 Å². The minimum absolute atomic E-state index is 0.00443. The van der Waals surface area contributed by atoms with Gasteiger partial charge in [-0.05, 0) is 31.9 Å². The molecule has 0 atom stereocenters. The van der Waals surface area contributed by atoms with Gasteiger partial charge in [0.2, 0.25) is 17.4 Å². The summed E-state index contributed by atoms with van der Waals surface area (Å²) >= 11 is 0. The van der Waals surface area contributed by atoms with Gasteiger partial charge in [-0.2, -0.15) is 0 Å². The Kier molecular flexibility index (Phi) is 5.48. The molecule has 1 aliphatic carbocycles. The summed E-state index contributed by atoms with van der Waals surface area (Å²) in [6.45, 7) is 2.11. The molecule has 1 aliphatic rings. The van der Waals surface area contributed by atoms with Crippen LogP contribution in [0.3, 0.4) is 0 Å². The van der Waals surface area contributed by atoms with Crippen molar-refractivity contribution < 1.29 is 19.0 Å². The summed E-state index contributed by atoms with van der Waals surface area (Å²) in [5, 5.41) is 0. The molecule has 0 spiro atoms. The second kappa shape index (κ2) is 7.96. The van der Waals surface area contributed by atoms with Crippen molar-refractivity contribution >= 4 is 5.97 Å². The van der Waals surface area contributed by atoms with Crippen molar-refractivity contribution in [2.45, 2.75) is 44.3 Å². The standard InChI is InChI=1S/C19H22N2O4/c1-2-23-18(22)19(25-17-8-4-6-14-21-17)11-9-15(10-12-19)24-16-7-3-5-13-20-16/h3-8,13-15H,2,9-12H2,1H3. The number of nitrogens with zero attached hydrogens (tertiary/aromatic N) is 2. The first kappa shape index (κ1) is 17.2. The molecule has 0 unspecified atom stereocenters. The number of ether oxygens (including phenoxy) is 3. The summed E-state index contributed by atoms with van der Waals surface area (Å²) in [4.78, 5) is 20.9. The first-order valence-electron chi connectivity index (χ1n) is 8.57. The van der Waals surface area contributed by atoms with Crippen LogP contribution in [0.25, 0.3) is 0 Å². The third kappa shape index (κ3) is 4.26. The van der Waals surface area contributed by atoms with E-state index in [0.29, 0.717) is 44.1 Å². The lowest BCUT2D eigenvalue weighted by Crippen LogP contribution is -2.50. The van der Waals surface area contributed by atoms with Crippen LogP contribution in [0, 0.1) is 0 Å². The second-order valence-corrected chi connectivity index (χ2v) is 5.97. The van der Waals surface area contributed by atoms with Gasteiger partial charge in [0.1, 0.15) is 6.10 Å². The van der Waals surface area contributed by atoms with Crippen LogP contribution in [0.1, 0.15) is 32.6 Å². The fraction of sp³-hybridized carbons (Fsp3) is 0.421. The molecule has 0 saturated heterocycles. The van der Waals surface area contributed by atoms with Gasteiger partial charge in [0.05, 0.1) is 6.61 Å². The van der Waals surface area contributed by atoms with E-state index in [1.807, 2.05) is 30.3 Å². The minimum Gasteiger partial charge on any atom is -0.474 e. The van der Waals surface area contributed by atoms with Crippen molar-refractivity contribution in [1.82, 2.24) is 9.97 Å². The molecule has 0 amide bonds. The summed E-state index contributed by atoms with van der Waals surface area (Å²) in [7, 11) is 0. The number of carbonyl (C=O) groups is 1. The Labute approximate surface area is 147 Å². The van der Waals surface area contributed by atoms with Crippen LogP contribution < -0.4 is 9.47 Å². The molecule has 2 aromatic heterocycles. The van der Waals surface area contributed by atoms with E-state index in [0.717, 1.165) is 0 Å². The van der Waals surface area contributed by atoms with E-state index < -0.39 is 5.60 Å². The summed E-state index contributed by atoms with van der Waals surface area (Å²) in [6.07, 6.45) is 5.74. The smallest absolute Gasteiger partial charge is 0.350 e. The van der Waals surface area contributed by atoms with Crippen LogP contribution in [-0.2, 0) is 9.53 Å². The van der Waals surface area contributed by atoms with Crippen molar-refractivity contribution in [3.05, 3.63) is 48.8 Å². The molecule has 2 aromatic rings. The highest BCUT2D eigenvalue weighted by Crippen LogP contribution is 2.35. The topological polar surface area (TPSA) is 70.5 Å². The van der Waals surface area contributed by atoms with Gasteiger partial charge in [0.15, 0.2) is 0 Å². The molecule has 1 fully saturated rings. The Morgan fingerprint density at radius 3 is 2.28 bits per heavy atom. The normalized spacial score (nSPS) is 22.8. The number of carbonyl (C=O) groups excluding carboxylic acids is 1. The van der Waals surface area contributed by atoms with Gasteiger partial charge in [-0.3, -0.25) is 0 Å². The Balaban J connectivity index is 1.69. The predicted molar refractivity (Wildman–Crippen MR) is 91.4 cm³/mol. The quantitative estimate of drug-likeness (QED) is 0.751. The zero-order valence-corrected chi connectivity index (χ0v) is 14.3. The lowest BCUT2D eigenvalue weighted by molar-refractivity contribution is -0.166. The van der Waals surface area contributed by atoms with E-state index in [1.165, 1.54) is 0 Å². The maximum atomic E-state index is 12.6. The van der Waals surface area contributed by atoms with Gasteiger partial charge in [-0.15, -0.1) is 0 Å². The van der Waals surface area contributed by atoms with Gasteiger partial charge in [0.25, 0.3) is 0 Å². The minimum atomic E-state index is -1.01. The highest BCUT2D eigenvalue weighted by Gasteiger charge is 2.46. The van der Waals surface area contributed by atoms with Gasteiger partial charge < -0.3 is 14.2 Å². The van der Waals surface area contributed by atoms with Crippen LogP contribution >= 0.6 is 0 Å². The first-order chi connectivity index (χ1) is 12.2. The number of esters is 1. The van der Waals surface area contributed by atoms with Gasteiger partial charge in [0, 0.05) is 37.4 Å². The zero-order valence-electron chi connectivity index (χ0n) is 14.3. The van der Waals surface area contributed by atoms with Crippen LogP contribution in [0.2, 0.25) is 0 Å². The van der Waals surface area contributed by atoms with Crippen molar-refractivity contribution in [3.63, 3.8) is 0 Å². The summed E-state index contributed by atoms with van der Waals surface area (Å²) in [5.74, 6) is 0.693. The van der Waals surface area contributed by atoms with E-state index in [4.69, 9.17) is 14.2 Å². The van der Waals surface area contributed by atoms with Crippen molar-refractivity contribution in [1.29, 1.82) is 0 Å².